The van der Waals surface area contributed by atoms with Crippen molar-refractivity contribution in [2.24, 2.45) is 0 Å². The minimum absolute atomic E-state index is 0.379. The Morgan fingerprint density at radius 2 is 1.95 bits per heavy atom. The maximum absolute atomic E-state index is 13.3. The highest BCUT2D eigenvalue weighted by Gasteiger charge is 2.11. The molecular formula is C16H19FN2O2. The number of pyridine rings is 1. The van der Waals surface area contributed by atoms with Gasteiger partial charge in [-0.15, -0.1) is 0 Å². The van der Waals surface area contributed by atoms with Gasteiger partial charge in [-0.3, -0.25) is 0 Å². The maximum atomic E-state index is 13.3. The number of nitrogens with zero attached hydrogens (tertiary/aromatic N) is 1. The molecular weight excluding hydrogens is 271 g/mol. The Kier molecular flexibility index (Phi) is 5.51. The van der Waals surface area contributed by atoms with E-state index >= 15 is 0 Å². The Hall–Kier alpha value is -2.14. The predicted octanol–water partition coefficient (Wildman–Crippen LogP) is 3.52. The molecule has 1 aromatic carbocycles. The topological polar surface area (TPSA) is 43.4 Å². The molecule has 1 N–H and O–H groups in total. The van der Waals surface area contributed by atoms with Crippen LogP contribution in [0.2, 0.25) is 0 Å². The number of rotatable bonds is 7. The molecule has 5 heteroatoms. The average Bonchev–Trinajstić information content (AvgIpc) is 2.49. The number of nitrogens with one attached hydrogen (secondary N) is 1. The second-order valence-electron chi connectivity index (χ2n) is 4.38. The van der Waals surface area contributed by atoms with Crippen molar-refractivity contribution in [3.05, 3.63) is 47.9 Å². The highest BCUT2D eigenvalue weighted by atomic mass is 19.1. The van der Waals surface area contributed by atoms with Crippen molar-refractivity contribution in [1.82, 2.24) is 10.3 Å². The standard InChI is InChI=1S/C16H19FN2O2/c1-3-18-10-12-9-13(17)11-19-16(12)21-15-8-6-5-7-14(15)20-4-2/h5-9,11,18H,3-4,10H2,1-2H3. The van der Waals surface area contributed by atoms with Crippen LogP contribution < -0.4 is 14.8 Å². The summed E-state index contributed by atoms with van der Waals surface area (Å²) in [6.07, 6.45) is 1.15. The van der Waals surface area contributed by atoms with E-state index in [0.29, 0.717) is 36.1 Å². The van der Waals surface area contributed by atoms with Crippen LogP contribution in [0.25, 0.3) is 0 Å². The molecule has 0 bridgehead atoms. The fourth-order valence-electron chi connectivity index (χ4n) is 1.86. The highest BCUT2D eigenvalue weighted by Crippen LogP contribution is 2.32. The first-order chi connectivity index (χ1) is 10.2. The van der Waals surface area contributed by atoms with Crippen LogP contribution in [0.15, 0.2) is 36.5 Å². The molecule has 0 spiro atoms. The number of halogens is 1. The first-order valence-electron chi connectivity index (χ1n) is 6.99. The van der Waals surface area contributed by atoms with E-state index in [0.717, 1.165) is 12.7 Å². The molecule has 2 aromatic rings. The Balaban J connectivity index is 2.26. The minimum atomic E-state index is -0.381. The molecule has 0 fully saturated rings. The van der Waals surface area contributed by atoms with Crippen LogP contribution in [0, 0.1) is 5.82 Å². The van der Waals surface area contributed by atoms with Gasteiger partial charge in [0.1, 0.15) is 5.82 Å². The molecule has 1 aromatic heterocycles. The number of para-hydroxylation sites is 2. The van der Waals surface area contributed by atoms with Gasteiger partial charge in [-0.2, -0.15) is 0 Å². The molecule has 0 saturated heterocycles. The largest absolute Gasteiger partial charge is 0.490 e. The summed E-state index contributed by atoms with van der Waals surface area (Å²) in [6.45, 7) is 5.71. The summed E-state index contributed by atoms with van der Waals surface area (Å²) in [5, 5.41) is 3.14. The van der Waals surface area contributed by atoms with Gasteiger partial charge in [-0.05, 0) is 31.7 Å². The van der Waals surface area contributed by atoms with Crippen molar-refractivity contribution < 1.29 is 13.9 Å². The van der Waals surface area contributed by atoms with E-state index in [1.54, 1.807) is 6.07 Å². The zero-order valence-electron chi connectivity index (χ0n) is 12.2. The smallest absolute Gasteiger partial charge is 0.224 e. The molecule has 4 nitrogen and oxygen atoms in total. The zero-order chi connectivity index (χ0) is 15.1. The van der Waals surface area contributed by atoms with Gasteiger partial charge in [-0.25, -0.2) is 9.37 Å². The van der Waals surface area contributed by atoms with Crippen molar-refractivity contribution in [1.29, 1.82) is 0 Å². The van der Waals surface area contributed by atoms with Crippen LogP contribution >= 0.6 is 0 Å². The van der Waals surface area contributed by atoms with Crippen molar-refractivity contribution in [3.8, 4) is 17.4 Å². The number of hydrogen-bond acceptors (Lipinski definition) is 4. The molecule has 0 amide bonds. The normalized spacial score (nSPS) is 10.4. The van der Waals surface area contributed by atoms with Crippen LogP contribution in [0.4, 0.5) is 4.39 Å². The molecule has 0 radical (unpaired) electrons. The summed E-state index contributed by atoms with van der Waals surface area (Å²) in [6, 6.07) is 8.77. The van der Waals surface area contributed by atoms with Crippen molar-refractivity contribution in [2.75, 3.05) is 13.2 Å². The number of hydrogen-bond donors (Lipinski definition) is 1. The van der Waals surface area contributed by atoms with E-state index in [-0.39, 0.29) is 5.82 Å². The molecule has 2 rings (SSSR count). The SMILES string of the molecule is CCNCc1cc(F)cnc1Oc1ccccc1OCC. The monoisotopic (exact) mass is 290 g/mol. The summed E-state index contributed by atoms with van der Waals surface area (Å²) in [5.74, 6) is 1.20. The number of ether oxygens (including phenoxy) is 2. The molecule has 0 aliphatic carbocycles. The van der Waals surface area contributed by atoms with E-state index in [1.165, 1.54) is 6.07 Å². The lowest BCUT2D eigenvalue weighted by molar-refractivity contribution is 0.318. The van der Waals surface area contributed by atoms with Crippen LogP contribution in [-0.4, -0.2) is 18.1 Å². The fourth-order valence-corrected chi connectivity index (χ4v) is 1.86. The third-order valence-corrected chi connectivity index (χ3v) is 2.81. The third kappa shape index (κ3) is 4.16. The molecule has 0 unspecified atom stereocenters. The van der Waals surface area contributed by atoms with E-state index < -0.39 is 0 Å². The van der Waals surface area contributed by atoms with Crippen LogP contribution in [0.1, 0.15) is 19.4 Å². The summed E-state index contributed by atoms with van der Waals surface area (Å²) < 4.78 is 24.7. The van der Waals surface area contributed by atoms with E-state index in [9.17, 15) is 4.39 Å². The second kappa shape index (κ2) is 7.59. The van der Waals surface area contributed by atoms with Gasteiger partial charge in [-0.1, -0.05) is 19.1 Å². The zero-order valence-corrected chi connectivity index (χ0v) is 12.2. The third-order valence-electron chi connectivity index (χ3n) is 2.81. The van der Waals surface area contributed by atoms with Gasteiger partial charge in [0.25, 0.3) is 0 Å². The predicted molar refractivity (Wildman–Crippen MR) is 79.3 cm³/mol. The lowest BCUT2D eigenvalue weighted by Gasteiger charge is -2.13. The van der Waals surface area contributed by atoms with Gasteiger partial charge in [0.05, 0.1) is 12.8 Å². The summed E-state index contributed by atoms with van der Waals surface area (Å²) in [5.41, 5.74) is 0.670. The first kappa shape index (κ1) is 15.3. The number of benzene rings is 1. The fraction of sp³-hybridized carbons (Fsp3) is 0.312. The van der Waals surface area contributed by atoms with Gasteiger partial charge in [0, 0.05) is 12.1 Å². The lowest BCUT2D eigenvalue weighted by atomic mass is 10.2. The summed E-state index contributed by atoms with van der Waals surface area (Å²) in [4.78, 5) is 4.03. The van der Waals surface area contributed by atoms with Crippen molar-refractivity contribution >= 4 is 0 Å². The second-order valence-corrected chi connectivity index (χ2v) is 4.38. The summed E-state index contributed by atoms with van der Waals surface area (Å²) in [7, 11) is 0. The van der Waals surface area contributed by atoms with Gasteiger partial charge < -0.3 is 14.8 Å². The Morgan fingerprint density at radius 1 is 1.19 bits per heavy atom. The molecule has 0 aliphatic heterocycles. The van der Waals surface area contributed by atoms with E-state index in [2.05, 4.69) is 10.3 Å². The van der Waals surface area contributed by atoms with Gasteiger partial charge in [0.2, 0.25) is 5.88 Å². The molecule has 0 aliphatic rings. The van der Waals surface area contributed by atoms with E-state index in [1.807, 2.05) is 32.0 Å². The Bertz CT molecular complexity index is 590. The molecule has 1 heterocycles. The number of aromatic nitrogens is 1. The van der Waals surface area contributed by atoms with E-state index in [4.69, 9.17) is 9.47 Å². The Morgan fingerprint density at radius 3 is 2.67 bits per heavy atom. The lowest BCUT2D eigenvalue weighted by Crippen LogP contribution is -2.13. The quantitative estimate of drug-likeness (QED) is 0.847. The Labute approximate surface area is 123 Å². The minimum Gasteiger partial charge on any atom is -0.490 e. The van der Waals surface area contributed by atoms with Crippen LogP contribution in [0.5, 0.6) is 17.4 Å². The average molecular weight is 290 g/mol. The van der Waals surface area contributed by atoms with Crippen molar-refractivity contribution in [3.63, 3.8) is 0 Å². The highest BCUT2D eigenvalue weighted by molar-refractivity contribution is 5.42. The van der Waals surface area contributed by atoms with Crippen LogP contribution in [0.3, 0.4) is 0 Å². The molecule has 0 atom stereocenters. The maximum Gasteiger partial charge on any atom is 0.224 e. The van der Waals surface area contributed by atoms with Crippen molar-refractivity contribution in [2.45, 2.75) is 20.4 Å². The van der Waals surface area contributed by atoms with Gasteiger partial charge >= 0.3 is 0 Å². The van der Waals surface area contributed by atoms with Gasteiger partial charge in [0.15, 0.2) is 11.5 Å². The molecule has 112 valence electrons. The first-order valence-corrected chi connectivity index (χ1v) is 6.99. The summed E-state index contributed by atoms with van der Waals surface area (Å²) >= 11 is 0. The molecule has 0 saturated carbocycles. The van der Waals surface area contributed by atoms with Crippen LogP contribution in [-0.2, 0) is 6.54 Å². The molecule has 21 heavy (non-hydrogen) atoms.